The van der Waals surface area contributed by atoms with Gasteiger partial charge < -0.3 is 4.90 Å². The first kappa shape index (κ1) is 16.8. The van der Waals surface area contributed by atoms with Gasteiger partial charge in [0.15, 0.2) is 5.71 Å². The predicted octanol–water partition coefficient (Wildman–Crippen LogP) is 4.76. The van der Waals surface area contributed by atoms with Crippen molar-refractivity contribution in [2.24, 2.45) is 5.10 Å². The number of nitrogens with zero attached hydrogens (tertiary/aromatic N) is 3. The summed E-state index contributed by atoms with van der Waals surface area (Å²) in [5, 5.41) is 6.60. The smallest absolute Gasteiger partial charge is 0.279 e. The monoisotopic (exact) mass is 353 g/mol. The summed E-state index contributed by atoms with van der Waals surface area (Å²) in [4.78, 5) is 14.8. The van der Waals surface area contributed by atoms with Gasteiger partial charge in [-0.05, 0) is 30.3 Å². The highest BCUT2D eigenvalue weighted by Gasteiger charge is 2.33. The minimum Gasteiger partial charge on any atom is -0.302 e. The quantitative estimate of drug-likeness (QED) is 0.490. The Morgan fingerprint density at radius 2 is 1.41 bits per heavy atom. The highest BCUT2D eigenvalue weighted by Crippen LogP contribution is 2.32. The van der Waals surface area contributed by atoms with Crippen molar-refractivity contribution in [2.45, 2.75) is 0 Å². The molecule has 0 saturated carbocycles. The summed E-state index contributed by atoms with van der Waals surface area (Å²) in [7, 11) is 0. The number of carbonyl (C=O) groups excluding carboxylic acids is 1. The lowest BCUT2D eigenvalue weighted by atomic mass is 10.1. The molecule has 1 heterocycles. The van der Waals surface area contributed by atoms with Crippen LogP contribution in [0.4, 0.5) is 17.1 Å². The third-order valence-electron chi connectivity index (χ3n) is 4.41. The van der Waals surface area contributed by atoms with Crippen molar-refractivity contribution in [3.05, 3.63) is 103 Å². The van der Waals surface area contributed by atoms with E-state index in [-0.39, 0.29) is 5.91 Å². The summed E-state index contributed by atoms with van der Waals surface area (Å²) in [5.41, 5.74) is 3.91. The fourth-order valence-electron chi connectivity index (χ4n) is 3.17. The van der Waals surface area contributed by atoms with Crippen molar-refractivity contribution in [1.82, 2.24) is 0 Å². The maximum atomic E-state index is 13.1. The maximum Gasteiger partial charge on any atom is 0.279 e. The average Bonchev–Trinajstić information content (AvgIpc) is 2.99. The molecule has 3 aromatic carbocycles. The highest BCUT2D eigenvalue weighted by atomic mass is 16.2. The number of carbonyl (C=O) groups is 1. The summed E-state index contributed by atoms with van der Waals surface area (Å²) in [6.07, 6.45) is 1.73. The molecule has 0 aliphatic carbocycles. The molecule has 0 unspecified atom stereocenters. The molecule has 0 atom stereocenters. The van der Waals surface area contributed by atoms with Gasteiger partial charge in [-0.15, -0.1) is 6.58 Å². The SMILES string of the molecule is C=CCN1C(=O)/C(=N/N(c2ccccc2)c2ccccc2)c2ccccc21. The second kappa shape index (κ2) is 7.30. The lowest BCUT2D eigenvalue weighted by molar-refractivity contribution is -0.112. The summed E-state index contributed by atoms with van der Waals surface area (Å²) in [6.45, 7) is 4.22. The molecule has 132 valence electrons. The number of rotatable bonds is 5. The molecule has 0 saturated heterocycles. The average molecular weight is 353 g/mol. The van der Waals surface area contributed by atoms with Gasteiger partial charge in [-0.3, -0.25) is 4.79 Å². The minimum absolute atomic E-state index is 0.118. The number of hydrogen-bond donors (Lipinski definition) is 0. The second-order valence-corrected chi connectivity index (χ2v) is 6.15. The molecule has 4 heteroatoms. The van der Waals surface area contributed by atoms with Crippen LogP contribution in [0.2, 0.25) is 0 Å². The normalized spacial score (nSPS) is 14.3. The maximum absolute atomic E-state index is 13.1. The number of amides is 1. The Balaban J connectivity index is 1.86. The van der Waals surface area contributed by atoms with Gasteiger partial charge in [0.2, 0.25) is 0 Å². The van der Waals surface area contributed by atoms with E-state index in [0.29, 0.717) is 12.3 Å². The minimum atomic E-state index is -0.118. The number of fused-ring (bicyclic) bond motifs is 1. The molecule has 1 aliphatic rings. The topological polar surface area (TPSA) is 35.9 Å². The number of para-hydroxylation sites is 3. The van der Waals surface area contributed by atoms with Gasteiger partial charge in [-0.2, -0.15) is 5.10 Å². The molecular weight excluding hydrogens is 334 g/mol. The lowest BCUT2D eigenvalue weighted by Crippen LogP contribution is -2.31. The molecule has 0 aromatic heterocycles. The van der Waals surface area contributed by atoms with Gasteiger partial charge in [-0.1, -0.05) is 60.7 Å². The highest BCUT2D eigenvalue weighted by molar-refractivity contribution is 6.54. The van der Waals surface area contributed by atoms with Crippen LogP contribution in [0.1, 0.15) is 5.56 Å². The van der Waals surface area contributed by atoms with Crippen LogP contribution in [0.3, 0.4) is 0 Å². The molecule has 0 N–H and O–H groups in total. The zero-order chi connectivity index (χ0) is 18.6. The van der Waals surface area contributed by atoms with Crippen molar-refractivity contribution in [3.8, 4) is 0 Å². The second-order valence-electron chi connectivity index (χ2n) is 6.15. The summed E-state index contributed by atoms with van der Waals surface area (Å²) < 4.78 is 0. The van der Waals surface area contributed by atoms with Crippen LogP contribution in [0, 0.1) is 0 Å². The Kier molecular flexibility index (Phi) is 4.54. The third kappa shape index (κ3) is 3.13. The Labute approximate surface area is 158 Å². The van der Waals surface area contributed by atoms with Crippen molar-refractivity contribution >= 4 is 28.7 Å². The molecule has 0 spiro atoms. The molecule has 0 fully saturated rings. The number of anilines is 3. The predicted molar refractivity (Wildman–Crippen MR) is 111 cm³/mol. The van der Waals surface area contributed by atoms with Crippen LogP contribution in [-0.4, -0.2) is 18.2 Å². The first-order valence-corrected chi connectivity index (χ1v) is 8.80. The van der Waals surface area contributed by atoms with Crippen LogP contribution in [0.25, 0.3) is 0 Å². The molecule has 27 heavy (non-hydrogen) atoms. The van der Waals surface area contributed by atoms with E-state index < -0.39 is 0 Å². The summed E-state index contributed by atoms with van der Waals surface area (Å²) in [5.74, 6) is -0.118. The lowest BCUT2D eigenvalue weighted by Gasteiger charge is -2.20. The molecule has 1 aliphatic heterocycles. The van der Waals surface area contributed by atoms with Gasteiger partial charge in [0.05, 0.1) is 17.1 Å². The molecule has 0 bridgehead atoms. The molecule has 4 nitrogen and oxygen atoms in total. The Morgan fingerprint density at radius 3 is 2.00 bits per heavy atom. The van der Waals surface area contributed by atoms with Gasteiger partial charge in [0.25, 0.3) is 5.91 Å². The van der Waals surface area contributed by atoms with E-state index in [0.717, 1.165) is 22.6 Å². The van der Waals surface area contributed by atoms with E-state index in [1.54, 1.807) is 16.0 Å². The van der Waals surface area contributed by atoms with Crippen LogP contribution in [-0.2, 0) is 4.79 Å². The summed E-state index contributed by atoms with van der Waals surface area (Å²) in [6, 6.07) is 27.4. The van der Waals surface area contributed by atoms with Crippen molar-refractivity contribution in [3.63, 3.8) is 0 Å². The standard InChI is InChI=1S/C23H19N3O/c1-2-17-25-21-16-10-9-15-20(21)22(23(25)27)24-26(18-11-5-3-6-12-18)19-13-7-4-8-14-19/h2-16H,1,17H2/b24-22+. The van der Waals surface area contributed by atoms with E-state index in [2.05, 4.69) is 6.58 Å². The molecule has 3 aromatic rings. The van der Waals surface area contributed by atoms with Crippen LogP contribution >= 0.6 is 0 Å². The zero-order valence-electron chi connectivity index (χ0n) is 14.8. The number of hydrogen-bond acceptors (Lipinski definition) is 3. The Morgan fingerprint density at radius 1 is 0.852 bits per heavy atom. The van der Waals surface area contributed by atoms with Crippen LogP contribution in [0.15, 0.2) is 103 Å². The fourth-order valence-corrected chi connectivity index (χ4v) is 3.17. The third-order valence-corrected chi connectivity index (χ3v) is 4.41. The van der Waals surface area contributed by atoms with Crippen molar-refractivity contribution in [1.29, 1.82) is 0 Å². The summed E-state index contributed by atoms with van der Waals surface area (Å²) >= 11 is 0. The Hall–Kier alpha value is -3.66. The van der Waals surface area contributed by atoms with Crippen molar-refractivity contribution in [2.75, 3.05) is 16.5 Å². The van der Waals surface area contributed by atoms with Gasteiger partial charge >= 0.3 is 0 Å². The molecule has 4 rings (SSSR count). The molecule has 0 radical (unpaired) electrons. The fraction of sp³-hybridized carbons (Fsp3) is 0.0435. The van der Waals surface area contributed by atoms with E-state index in [1.165, 1.54) is 0 Å². The van der Waals surface area contributed by atoms with Gasteiger partial charge in [-0.25, -0.2) is 5.01 Å². The van der Waals surface area contributed by atoms with Crippen LogP contribution < -0.4 is 9.91 Å². The Bertz CT molecular complexity index is 957. The van der Waals surface area contributed by atoms with Crippen LogP contribution in [0.5, 0.6) is 0 Å². The number of hydrazone groups is 1. The van der Waals surface area contributed by atoms with E-state index in [4.69, 9.17) is 5.10 Å². The van der Waals surface area contributed by atoms with E-state index >= 15 is 0 Å². The van der Waals surface area contributed by atoms with Crippen molar-refractivity contribution < 1.29 is 4.79 Å². The largest absolute Gasteiger partial charge is 0.302 e. The zero-order valence-corrected chi connectivity index (χ0v) is 14.8. The molecule has 1 amide bonds. The first-order valence-electron chi connectivity index (χ1n) is 8.80. The molecular formula is C23H19N3O. The van der Waals surface area contributed by atoms with Gasteiger partial charge in [0.1, 0.15) is 0 Å². The van der Waals surface area contributed by atoms with Gasteiger partial charge in [0, 0.05) is 12.1 Å². The number of benzene rings is 3. The van der Waals surface area contributed by atoms with E-state index in [9.17, 15) is 4.79 Å². The first-order chi connectivity index (χ1) is 13.3. The van der Waals surface area contributed by atoms with E-state index in [1.807, 2.05) is 84.9 Å².